The summed E-state index contributed by atoms with van der Waals surface area (Å²) in [6.45, 7) is 18.5. The largest absolute Gasteiger partial charge is 0.384 e. The minimum Gasteiger partial charge on any atom is -0.384 e. The van der Waals surface area contributed by atoms with Crippen molar-refractivity contribution in [3.8, 4) is 22.5 Å². The standard InChI is InChI=1S/C32H40N6OS.C30H36N6OS.C2H5I/c1-2-37-17-10-25(11-18-37)35-32(39)31-20-24-8-7-23(19-30(24)40-31)28-21-29(26-22-33-13-9-27(26)36-28)34-12-6-16-38-14-4-3-5-15-38;37-30(34-23-7-11-31-12-8-23)29-18-22-6-5-21(17-28(22)38-29)26-19-27(24-20-32-13-9-25(24)35-26)33-10-4-16-36-14-2-1-3-15-36;1-2-3/h7-9,13,19-22,25H,2-6,10-12,14-18H2,1H3,(H,34,36)(H,35,39);5-6,9,13,17-20,23,31H,1-4,7-8,10-12,14-16H2,(H,33,35)(H,34,37);2H2,1H3. The number of nitrogens with zero attached hydrogens (tertiary/aromatic N) is 7. The molecule has 4 saturated heterocycles. The number of anilines is 2. The fourth-order valence-electron chi connectivity index (χ4n) is 11.6. The van der Waals surface area contributed by atoms with Crippen LogP contribution in [0, 0.1) is 0 Å². The van der Waals surface area contributed by atoms with E-state index in [9.17, 15) is 9.59 Å². The van der Waals surface area contributed by atoms with Gasteiger partial charge in [-0.25, -0.2) is 9.97 Å². The van der Waals surface area contributed by atoms with Crippen molar-refractivity contribution in [2.24, 2.45) is 0 Å². The molecule has 0 bridgehead atoms. The summed E-state index contributed by atoms with van der Waals surface area (Å²) in [6.07, 6.45) is 21.7. The van der Waals surface area contributed by atoms with E-state index in [0.717, 1.165) is 183 Å². The maximum absolute atomic E-state index is 13.1. The van der Waals surface area contributed by atoms with Crippen LogP contribution >= 0.6 is 45.3 Å². The molecule has 428 valence electrons. The Hall–Kier alpha value is -5.41. The fraction of sp³-hybridized carbons (Fsp3) is 0.469. The molecular weight excluding hydrogens is 1160 g/mol. The van der Waals surface area contributed by atoms with Crippen LogP contribution in [0.2, 0.25) is 0 Å². The van der Waals surface area contributed by atoms with Crippen LogP contribution in [-0.2, 0) is 0 Å². The number of hydrogen-bond donors (Lipinski definition) is 5. The lowest BCUT2D eigenvalue weighted by Gasteiger charge is -2.31. The van der Waals surface area contributed by atoms with Gasteiger partial charge in [-0.15, -0.1) is 22.7 Å². The molecule has 14 nitrogen and oxygen atoms in total. The number of pyridine rings is 4. The van der Waals surface area contributed by atoms with Gasteiger partial charge in [0.15, 0.2) is 0 Å². The molecule has 0 saturated carbocycles. The van der Waals surface area contributed by atoms with E-state index in [1.165, 1.54) is 69.1 Å². The van der Waals surface area contributed by atoms with Crippen LogP contribution in [-0.4, -0.2) is 148 Å². The van der Waals surface area contributed by atoms with Crippen LogP contribution in [0.4, 0.5) is 11.4 Å². The summed E-state index contributed by atoms with van der Waals surface area (Å²) in [5, 5.41) is 21.5. The van der Waals surface area contributed by atoms with E-state index in [1.54, 1.807) is 35.1 Å². The molecule has 0 spiro atoms. The fourth-order valence-corrected chi connectivity index (χ4v) is 13.6. The predicted molar refractivity (Wildman–Crippen MR) is 348 cm³/mol. The number of halogens is 1. The Balaban J connectivity index is 0.000000174. The van der Waals surface area contributed by atoms with Crippen molar-refractivity contribution in [3.05, 3.63) is 107 Å². The molecule has 0 atom stereocenters. The highest BCUT2D eigenvalue weighted by Crippen LogP contribution is 2.35. The Morgan fingerprint density at radius 1 is 0.580 bits per heavy atom. The number of rotatable bonds is 17. The number of thiophene rings is 2. The van der Waals surface area contributed by atoms with Gasteiger partial charge in [-0.3, -0.25) is 19.6 Å². The first-order chi connectivity index (χ1) is 39.8. The second kappa shape index (κ2) is 29.7. The summed E-state index contributed by atoms with van der Waals surface area (Å²) >= 11 is 5.41. The summed E-state index contributed by atoms with van der Waals surface area (Å²) in [4.78, 5) is 53.8. The third kappa shape index (κ3) is 16.0. The van der Waals surface area contributed by atoms with E-state index in [0.29, 0.717) is 0 Å². The number of nitrogens with one attached hydrogen (secondary N) is 5. The molecule has 4 aliphatic heterocycles. The number of hydrogen-bond acceptors (Lipinski definition) is 14. The maximum Gasteiger partial charge on any atom is 0.261 e. The summed E-state index contributed by atoms with van der Waals surface area (Å²) in [5.41, 5.74) is 8.00. The molecule has 6 aromatic heterocycles. The summed E-state index contributed by atoms with van der Waals surface area (Å²) < 4.78 is 3.43. The van der Waals surface area contributed by atoms with Gasteiger partial charge in [0.05, 0.1) is 32.2 Å². The van der Waals surface area contributed by atoms with Crippen molar-refractivity contribution < 1.29 is 9.59 Å². The van der Waals surface area contributed by atoms with E-state index >= 15 is 0 Å². The van der Waals surface area contributed by atoms with Gasteiger partial charge in [-0.2, -0.15) is 0 Å². The highest BCUT2D eigenvalue weighted by molar-refractivity contribution is 14.1. The van der Waals surface area contributed by atoms with Crippen molar-refractivity contribution in [1.82, 2.24) is 50.6 Å². The Labute approximate surface area is 500 Å². The monoisotopic (exact) mass is 1240 g/mol. The summed E-state index contributed by atoms with van der Waals surface area (Å²) in [5.74, 6) is 0.0806. The van der Waals surface area contributed by atoms with Crippen LogP contribution in [0.15, 0.2) is 97.6 Å². The molecule has 81 heavy (non-hydrogen) atoms. The summed E-state index contributed by atoms with van der Waals surface area (Å²) in [7, 11) is 0. The number of likely N-dealkylation sites (tertiary alicyclic amines) is 3. The van der Waals surface area contributed by atoms with E-state index in [2.05, 4.69) is 136 Å². The first kappa shape index (κ1) is 58.8. The quantitative estimate of drug-likeness (QED) is 0.0335. The molecule has 10 heterocycles. The van der Waals surface area contributed by atoms with Crippen LogP contribution < -0.4 is 26.6 Å². The normalized spacial score (nSPS) is 16.9. The van der Waals surface area contributed by atoms with E-state index in [1.807, 2.05) is 36.7 Å². The molecule has 2 aromatic carbocycles. The second-order valence-electron chi connectivity index (χ2n) is 21.9. The van der Waals surface area contributed by atoms with Crippen LogP contribution in [0.1, 0.15) is 110 Å². The van der Waals surface area contributed by atoms with Crippen molar-refractivity contribution in [2.45, 2.75) is 103 Å². The molecule has 0 radical (unpaired) electrons. The van der Waals surface area contributed by atoms with E-state index in [-0.39, 0.29) is 23.9 Å². The number of alkyl halides is 1. The lowest BCUT2D eigenvalue weighted by molar-refractivity contribution is 0.0913. The molecule has 4 aliphatic rings. The molecule has 0 aliphatic carbocycles. The van der Waals surface area contributed by atoms with E-state index < -0.39 is 0 Å². The Morgan fingerprint density at radius 3 is 1.49 bits per heavy atom. The Bertz CT molecular complexity index is 3320. The molecule has 4 fully saturated rings. The van der Waals surface area contributed by atoms with Crippen molar-refractivity contribution >= 4 is 110 Å². The van der Waals surface area contributed by atoms with Crippen molar-refractivity contribution in [2.75, 3.05) is 100 Å². The number of amides is 2. The topological polar surface area (TPSA) is 156 Å². The van der Waals surface area contributed by atoms with Crippen molar-refractivity contribution in [3.63, 3.8) is 0 Å². The smallest absolute Gasteiger partial charge is 0.261 e. The van der Waals surface area contributed by atoms with Crippen LogP contribution in [0.3, 0.4) is 0 Å². The Kier molecular flexibility index (Phi) is 21.6. The zero-order valence-electron chi connectivity index (χ0n) is 47.4. The highest BCUT2D eigenvalue weighted by Gasteiger charge is 2.23. The average molecular weight is 1240 g/mol. The minimum atomic E-state index is 0.0343. The zero-order valence-corrected chi connectivity index (χ0v) is 51.2. The number of fused-ring (bicyclic) bond motifs is 4. The third-order valence-electron chi connectivity index (χ3n) is 16.2. The van der Waals surface area contributed by atoms with Gasteiger partial charge >= 0.3 is 0 Å². The van der Waals surface area contributed by atoms with Crippen LogP contribution in [0.25, 0.3) is 64.5 Å². The van der Waals surface area contributed by atoms with Gasteiger partial charge in [-0.05, 0) is 187 Å². The van der Waals surface area contributed by atoms with E-state index in [4.69, 9.17) is 9.97 Å². The lowest BCUT2D eigenvalue weighted by Crippen LogP contribution is -2.44. The molecule has 5 N–H and O–H groups in total. The maximum atomic E-state index is 13.1. The van der Waals surface area contributed by atoms with Gasteiger partial charge in [0.1, 0.15) is 0 Å². The van der Waals surface area contributed by atoms with Crippen molar-refractivity contribution in [1.29, 1.82) is 0 Å². The molecule has 2 amide bonds. The number of carbonyl (C=O) groups excluding carboxylic acids is 2. The predicted octanol–water partition coefficient (Wildman–Crippen LogP) is 12.7. The van der Waals surface area contributed by atoms with Gasteiger partial charge in [-0.1, -0.05) is 73.5 Å². The zero-order chi connectivity index (χ0) is 55.8. The van der Waals surface area contributed by atoms with Crippen LogP contribution in [0.5, 0.6) is 0 Å². The minimum absolute atomic E-state index is 0.0343. The van der Waals surface area contributed by atoms with Gasteiger partial charge in [0.25, 0.3) is 11.8 Å². The van der Waals surface area contributed by atoms with Gasteiger partial charge in [0, 0.05) is 106 Å². The SMILES string of the molecule is CCI.CCN1CCC(NC(=O)c2cc3ccc(-c4cc(NCCCN5CCCCC5)c5cnccc5n4)cc3s2)CC1.O=C(NC1CCNCC1)c1cc2ccc(-c3cc(NCCCN4CCCCC4)c4cnccc4n3)cc2s1. The molecule has 17 heteroatoms. The second-order valence-corrected chi connectivity index (χ2v) is 25.6. The first-order valence-corrected chi connectivity index (χ1v) is 33.1. The molecule has 12 rings (SSSR count). The molecule has 8 aromatic rings. The van der Waals surface area contributed by atoms with Gasteiger partial charge < -0.3 is 41.3 Å². The highest BCUT2D eigenvalue weighted by atomic mass is 127. The number of aromatic nitrogens is 4. The lowest BCUT2D eigenvalue weighted by atomic mass is 10.0. The third-order valence-corrected chi connectivity index (χ3v) is 18.4. The first-order valence-electron chi connectivity index (χ1n) is 29.9. The van der Waals surface area contributed by atoms with Gasteiger partial charge in [0.2, 0.25) is 0 Å². The molecular formula is C64H81IN12O2S2. The number of carbonyl (C=O) groups is 2. The summed E-state index contributed by atoms with van der Waals surface area (Å²) in [6, 6.07) is 25.6. The average Bonchev–Trinajstić information content (AvgIpc) is 4.28. The number of piperidine rings is 4. The number of benzene rings is 2. The molecule has 0 unspecified atom stereocenters. The Morgan fingerprint density at radius 2 is 1.04 bits per heavy atom.